The van der Waals surface area contributed by atoms with Crippen molar-refractivity contribution in [3.63, 3.8) is 0 Å². The highest BCUT2D eigenvalue weighted by Gasteiger charge is 2.26. The molecular formula is C21H26N5O+. The molecule has 6 nitrogen and oxygen atoms in total. The molecule has 1 aromatic carbocycles. The molecule has 140 valence electrons. The summed E-state index contributed by atoms with van der Waals surface area (Å²) in [5, 5.41) is 0. The number of hydrogen-bond acceptors (Lipinski definition) is 4. The number of anilines is 1. The normalized spacial score (nSPS) is 20.3. The first-order valence-corrected chi connectivity index (χ1v) is 9.67. The van der Waals surface area contributed by atoms with Crippen LogP contribution in [0.3, 0.4) is 0 Å². The Bertz CT molecular complexity index is 785. The summed E-state index contributed by atoms with van der Waals surface area (Å²) in [4.78, 5) is 26.8. The number of amides is 1. The van der Waals surface area contributed by atoms with Crippen LogP contribution >= 0.6 is 0 Å². The minimum atomic E-state index is 0.259. The Balaban J connectivity index is 1.26. The van der Waals surface area contributed by atoms with Crippen LogP contribution in [0, 0.1) is 0 Å². The van der Waals surface area contributed by atoms with Gasteiger partial charge in [-0.1, -0.05) is 30.3 Å². The minimum absolute atomic E-state index is 0.259. The molecule has 4 rings (SSSR count). The van der Waals surface area contributed by atoms with Crippen LogP contribution in [0.15, 0.2) is 54.9 Å². The van der Waals surface area contributed by atoms with Crippen molar-refractivity contribution in [3.8, 4) is 0 Å². The first kappa shape index (κ1) is 17.7. The van der Waals surface area contributed by atoms with Crippen molar-refractivity contribution >= 4 is 17.4 Å². The molecule has 1 saturated heterocycles. The molecule has 2 aromatic rings. The summed E-state index contributed by atoms with van der Waals surface area (Å²) < 4.78 is 0. The lowest BCUT2D eigenvalue weighted by molar-refractivity contribution is -0.887. The Morgan fingerprint density at radius 2 is 1.74 bits per heavy atom. The number of piperazine rings is 1. The van der Waals surface area contributed by atoms with E-state index in [0.717, 1.165) is 51.6 Å². The second kappa shape index (κ2) is 8.31. The Morgan fingerprint density at radius 3 is 2.41 bits per heavy atom. The lowest BCUT2D eigenvalue weighted by Gasteiger charge is -2.35. The zero-order valence-electron chi connectivity index (χ0n) is 15.6. The van der Waals surface area contributed by atoms with Gasteiger partial charge in [-0.25, -0.2) is 9.97 Å². The van der Waals surface area contributed by atoms with Crippen molar-refractivity contribution in [1.82, 2.24) is 14.9 Å². The van der Waals surface area contributed by atoms with Gasteiger partial charge in [-0.3, -0.25) is 4.79 Å². The smallest absolute Gasteiger partial charge is 0.277 e. The molecule has 6 heteroatoms. The Labute approximate surface area is 160 Å². The lowest BCUT2D eigenvalue weighted by Crippen LogP contribution is -3.13. The number of aromatic nitrogens is 2. The molecule has 0 radical (unpaired) electrons. The first-order chi connectivity index (χ1) is 13.3. The van der Waals surface area contributed by atoms with E-state index in [0.29, 0.717) is 6.54 Å². The van der Waals surface area contributed by atoms with Gasteiger partial charge in [0.1, 0.15) is 0 Å². The highest BCUT2D eigenvalue weighted by Crippen LogP contribution is 2.17. The lowest BCUT2D eigenvalue weighted by atomic mass is 9.99. The average molecular weight is 364 g/mol. The van der Waals surface area contributed by atoms with Crippen LogP contribution in [-0.4, -0.2) is 66.6 Å². The van der Waals surface area contributed by atoms with E-state index in [1.54, 1.807) is 12.4 Å². The Kier molecular flexibility index (Phi) is 5.44. The van der Waals surface area contributed by atoms with Gasteiger partial charge in [-0.2, -0.15) is 0 Å². The van der Waals surface area contributed by atoms with Crippen molar-refractivity contribution in [2.24, 2.45) is 0 Å². The van der Waals surface area contributed by atoms with Gasteiger partial charge in [0, 0.05) is 45.0 Å². The summed E-state index contributed by atoms with van der Waals surface area (Å²) in [6, 6.07) is 12.4. The van der Waals surface area contributed by atoms with Crippen LogP contribution in [-0.2, 0) is 4.79 Å². The molecule has 1 atom stereocenters. The molecule has 3 heterocycles. The van der Waals surface area contributed by atoms with Crippen LogP contribution in [0.4, 0.5) is 5.95 Å². The predicted octanol–water partition coefficient (Wildman–Crippen LogP) is 0.497. The van der Waals surface area contributed by atoms with Crippen molar-refractivity contribution in [2.45, 2.75) is 6.42 Å². The fourth-order valence-electron chi connectivity index (χ4n) is 3.79. The molecule has 1 aromatic heterocycles. The number of hydrogen-bond donors (Lipinski definition) is 1. The van der Waals surface area contributed by atoms with Gasteiger partial charge < -0.3 is 14.7 Å². The second-order valence-electron chi connectivity index (χ2n) is 7.14. The summed E-state index contributed by atoms with van der Waals surface area (Å²) in [6.07, 6.45) is 6.85. The summed E-state index contributed by atoms with van der Waals surface area (Å²) in [5.74, 6) is 1.01. The van der Waals surface area contributed by atoms with Crippen LogP contribution < -0.4 is 9.80 Å². The van der Waals surface area contributed by atoms with Crippen LogP contribution in [0.1, 0.15) is 12.0 Å². The third-order valence-corrected chi connectivity index (χ3v) is 5.40. The van der Waals surface area contributed by atoms with E-state index in [1.165, 1.54) is 16.0 Å². The summed E-state index contributed by atoms with van der Waals surface area (Å²) in [7, 11) is 0. The van der Waals surface area contributed by atoms with Crippen molar-refractivity contribution in [2.75, 3.05) is 50.7 Å². The fourth-order valence-corrected chi connectivity index (χ4v) is 3.79. The number of nitrogens with zero attached hydrogens (tertiary/aromatic N) is 4. The van der Waals surface area contributed by atoms with E-state index >= 15 is 0 Å². The van der Waals surface area contributed by atoms with Gasteiger partial charge in [-0.05, 0) is 23.3 Å². The van der Waals surface area contributed by atoms with Crippen molar-refractivity contribution in [1.29, 1.82) is 0 Å². The van der Waals surface area contributed by atoms with Gasteiger partial charge in [0.05, 0.1) is 13.1 Å². The number of rotatable bonds is 4. The molecule has 27 heavy (non-hydrogen) atoms. The van der Waals surface area contributed by atoms with Crippen LogP contribution in [0.25, 0.3) is 5.57 Å². The van der Waals surface area contributed by atoms with Gasteiger partial charge in [0.25, 0.3) is 5.91 Å². The highest BCUT2D eigenvalue weighted by atomic mass is 16.2. The largest absolute Gasteiger partial charge is 0.337 e. The summed E-state index contributed by atoms with van der Waals surface area (Å²) >= 11 is 0. The Morgan fingerprint density at radius 1 is 1.00 bits per heavy atom. The van der Waals surface area contributed by atoms with E-state index < -0.39 is 0 Å². The van der Waals surface area contributed by atoms with E-state index in [1.807, 2.05) is 17.0 Å². The molecule has 0 saturated carbocycles. The molecule has 0 bridgehead atoms. The van der Waals surface area contributed by atoms with E-state index in [-0.39, 0.29) is 5.91 Å². The predicted molar refractivity (Wildman–Crippen MR) is 105 cm³/mol. The third-order valence-electron chi connectivity index (χ3n) is 5.40. The molecule has 1 fully saturated rings. The number of carbonyl (C=O) groups is 1. The molecule has 2 aliphatic heterocycles. The monoisotopic (exact) mass is 364 g/mol. The van der Waals surface area contributed by atoms with Gasteiger partial charge in [-0.15, -0.1) is 0 Å². The number of nitrogens with one attached hydrogen (secondary N) is 1. The third kappa shape index (κ3) is 4.34. The maximum Gasteiger partial charge on any atom is 0.277 e. The second-order valence-corrected chi connectivity index (χ2v) is 7.14. The molecular weight excluding hydrogens is 338 g/mol. The van der Waals surface area contributed by atoms with Gasteiger partial charge in [0.2, 0.25) is 5.95 Å². The van der Waals surface area contributed by atoms with Crippen molar-refractivity contribution < 1.29 is 9.69 Å². The van der Waals surface area contributed by atoms with Crippen LogP contribution in [0.5, 0.6) is 0 Å². The highest BCUT2D eigenvalue weighted by molar-refractivity contribution is 5.77. The minimum Gasteiger partial charge on any atom is -0.337 e. The number of carbonyl (C=O) groups excluding carboxylic acids is 1. The first-order valence-electron chi connectivity index (χ1n) is 9.67. The van der Waals surface area contributed by atoms with E-state index in [4.69, 9.17) is 0 Å². The SMILES string of the molecule is O=C(C[NH+]1CC=C(c2ccccc2)CC1)N1CCN(c2ncccn2)CC1. The zero-order valence-corrected chi connectivity index (χ0v) is 15.6. The van der Waals surface area contributed by atoms with E-state index in [2.05, 4.69) is 45.2 Å². The fraction of sp³-hybridized carbons (Fsp3) is 0.381. The van der Waals surface area contributed by atoms with Crippen molar-refractivity contribution in [3.05, 3.63) is 60.4 Å². The topological polar surface area (TPSA) is 53.8 Å². The van der Waals surface area contributed by atoms with E-state index in [9.17, 15) is 4.79 Å². The molecule has 1 N–H and O–H groups in total. The van der Waals surface area contributed by atoms with Gasteiger partial charge in [0.15, 0.2) is 6.54 Å². The molecule has 2 aliphatic rings. The molecule has 1 amide bonds. The molecule has 0 spiro atoms. The van der Waals surface area contributed by atoms with Gasteiger partial charge >= 0.3 is 0 Å². The summed E-state index contributed by atoms with van der Waals surface area (Å²) in [6.45, 7) is 5.61. The molecule has 1 unspecified atom stereocenters. The number of benzene rings is 1. The summed E-state index contributed by atoms with van der Waals surface area (Å²) in [5.41, 5.74) is 2.71. The molecule has 0 aliphatic carbocycles. The van der Waals surface area contributed by atoms with Crippen LogP contribution in [0.2, 0.25) is 0 Å². The zero-order chi connectivity index (χ0) is 18.5. The Hall–Kier alpha value is -2.73. The quantitative estimate of drug-likeness (QED) is 0.858. The average Bonchev–Trinajstić information content (AvgIpc) is 2.76. The maximum absolute atomic E-state index is 12.7. The maximum atomic E-state index is 12.7. The number of quaternary nitrogens is 1. The standard InChI is InChI=1S/C21H25N5O/c27-20(25-13-15-26(16-14-25)21-22-9-4-10-23-21)17-24-11-7-19(8-12-24)18-5-2-1-3-6-18/h1-7,9-10H,8,11-17H2/p+1.